The number of nitrogens with one attached hydrogen (secondary N) is 1. The van der Waals surface area contributed by atoms with E-state index in [9.17, 15) is 9.59 Å². The Balaban J connectivity index is -0.000000266. The van der Waals surface area contributed by atoms with Gasteiger partial charge in [-0.1, -0.05) is 34.6 Å². The van der Waals surface area contributed by atoms with Gasteiger partial charge in [-0.2, -0.15) is 12.6 Å². The Morgan fingerprint density at radius 1 is 1.07 bits per heavy atom. The van der Waals surface area contributed by atoms with Crippen LogP contribution in [0.15, 0.2) is 0 Å². The molecule has 0 atom stereocenters. The molecule has 0 rings (SSSR count). The molecule has 2 amide bonds. The Hall–Kier alpha value is -0.510. The van der Waals surface area contributed by atoms with Gasteiger partial charge in [0.25, 0.3) is 0 Å². The summed E-state index contributed by atoms with van der Waals surface area (Å²) < 4.78 is 0. The second-order valence-corrected chi connectivity index (χ2v) is 3.26. The van der Waals surface area contributed by atoms with Gasteiger partial charge in [-0.25, -0.2) is 0 Å². The molecular weight excluding hydrogens is 198 g/mol. The summed E-state index contributed by atoms with van der Waals surface area (Å²) in [6, 6.07) is 0. The highest BCUT2D eigenvalue weighted by atomic mass is 32.1. The molecule has 3 nitrogen and oxygen atoms in total. The van der Waals surface area contributed by atoms with Gasteiger partial charge in [0.1, 0.15) is 0 Å². The largest absolute Gasteiger partial charge is 0.296 e. The molecule has 14 heavy (non-hydrogen) atoms. The van der Waals surface area contributed by atoms with Crippen molar-refractivity contribution in [1.29, 1.82) is 0 Å². The smallest absolute Gasteiger partial charge is 0.231 e. The van der Waals surface area contributed by atoms with E-state index in [-0.39, 0.29) is 11.8 Å². The van der Waals surface area contributed by atoms with E-state index in [4.69, 9.17) is 0 Å². The van der Waals surface area contributed by atoms with Crippen LogP contribution < -0.4 is 5.32 Å². The monoisotopic (exact) mass is 221 g/mol. The minimum absolute atomic E-state index is 0.236. The van der Waals surface area contributed by atoms with E-state index >= 15 is 0 Å². The van der Waals surface area contributed by atoms with E-state index in [0.29, 0.717) is 0 Å². The highest BCUT2D eigenvalue weighted by Gasteiger charge is 2.21. The first-order chi connectivity index (χ1) is 6.34. The van der Waals surface area contributed by atoms with Crippen LogP contribution in [0.25, 0.3) is 0 Å². The number of imide groups is 1. The van der Waals surface area contributed by atoms with Crippen LogP contribution in [0, 0.1) is 5.41 Å². The Bertz CT molecular complexity index is 162. The Labute approximate surface area is 93.1 Å². The van der Waals surface area contributed by atoms with Crippen molar-refractivity contribution in [3.8, 4) is 0 Å². The molecule has 0 saturated carbocycles. The number of hydrogen-bond acceptors (Lipinski definition) is 3. The zero-order chi connectivity index (χ0) is 12.4. The Morgan fingerprint density at radius 3 is 1.43 bits per heavy atom. The zero-order valence-electron chi connectivity index (χ0n) is 10.3. The first kappa shape index (κ1) is 19.1. The Morgan fingerprint density at radius 2 is 1.36 bits per heavy atom. The molecule has 0 aromatic rings. The first-order valence-electron chi connectivity index (χ1n) is 4.61. The lowest BCUT2D eigenvalue weighted by molar-refractivity contribution is -0.134. The predicted octanol–water partition coefficient (Wildman–Crippen LogP) is 2.27. The fraction of sp³-hybridized carbons (Fsp3) is 0.800. The third kappa shape index (κ3) is 14.0. The maximum absolute atomic E-state index is 10.9. The topological polar surface area (TPSA) is 46.2 Å². The second kappa shape index (κ2) is 10.6. The molecule has 0 bridgehead atoms. The summed E-state index contributed by atoms with van der Waals surface area (Å²) in [5.74, 6) is -0.542. The summed E-state index contributed by atoms with van der Waals surface area (Å²) >= 11 is 3.53. The van der Waals surface area contributed by atoms with Gasteiger partial charge in [-0.3, -0.25) is 14.9 Å². The first-order valence-corrected chi connectivity index (χ1v) is 5.50. The van der Waals surface area contributed by atoms with Crippen molar-refractivity contribution in [2.45, 2.75) is 41.5 Å². The lowest BCUT2D eigenvalue weighted by Gasteiger charge is -2.15. The molecule has 0 spiro atoms. The molecule has 0 aromatic heterocycles. The number of carbonyl (C=O) groups is 2. The molecule has 0 saturated heterocycles. The summed E-state index contributed by atoms with van der Waals surface area (Å²) in [5, 5.41) is 2.20. The molecule has 0 radical (unpaired) electrons. The van der Waals surface area contributed by atoms with Crippen LogP contribution >= 0.6 is 12.6 Å². The average Bonchev–Trinajstić information content (AvgIpc) is 2.09. The summed E-state index contributed by atoms with van der Waals surface area (Å²) in [6.45, 7) is 10.6. The average molecular weight is 221 g/mol. The van der Waals surface area contributed by atoms with Crippen LogP contribution in [0.5, 0.6) is 0 Å². The number of rotatable bonds is 0. The third-order valence-electron chi connectivity index (χ3n) is 0.971. The molecule has 1 N–H and O–H groups in total. The van der Waals surface area contributed by atoms with Crippen LogP contribution in [0.4, 0.5) is 0 Å². The second-order valence-electron chi connectivity index (χ2n) is 3.26. The van der Waals surface area contributed by atoms with Gasteiger partial charge in [0.15, 0.2) is 0 Å². The number of amides is 2. The molecular formula is C10H23NO2S. The minimum Gasteiger partial charge on any atom is -0.296 e. The molecule has 0 fully saturated rings. The molecule has 0 aliphatic rings. The molecule has 0 aliphatic heterocycles. The van der Waals surface area contributed by atoms with Crippen molar-refractivity contribution < 1.29 is 9.59 Å². The molecule has 86 valence electrons. The summed E-state index contributed by atoms with van der Waals surface area (Å²) in [6.07, 6.45) is 1.69. The fourth-order valence-electron chi connectivity index (χ4n) is 0.347. The van der Waals surface area contributed by atoms with Crippen LogP contribution in [0.1, 0.15) is 41.5 Å². The van der Waals surface area contributed by atoms with Gasteiger partial charge in [-0.15, -0.1) is 0 Å². The highest BCUT2D eigenvalue weighted by Crippen LogP contribution is 2.11. The molecule has 0 aromatic carbocycles. The van der Waals surface area contributed by atoms with E-state index in [1.165, 1.54) is 6.92 Å². The zero-order valence-corrected chi connectivity index (χ0v) is 11.2. The van der Waals surface area contributed by atoms with Gasteiger partial charge >= 0.3 is 0 Å². The summed E-state index contributed by atoms with van der Waals surface area (Å²) in [7, 11) is 0. The van der Waals surface area contributed by atoms with Gasteiger partial charge in [0.2, 0.25) is 11.8 Å². The molecule has 0 aliphatic carbocycles. The van der Waals surface area contributed by atoms with Gasteiger partial charge in [-0.05, 0) is 6.26 Å². The maximum atomic E-state index is 10.9. The SMILES string of the molecule is CC.CC(=O)NC(=O)C(C)(C)C.CS. The summed E-state index contributed by atoms with van der Waals surface area (Å²) in [4.78, 5) is 21.3. The van der Waals surface area contributed by atoms with Crippen molar-refractivity contribution in [1.82, 2.24) is 5.32 Å². The van der Waals surface area contributed by atoms with Gasteiger partial charge in [0.05, 0.1) is 0 Å². The lowest BCUT2D eigenvalue weighted by atomic mass is 9.96. The predicted molar refractivity (Wildman–Crippen MR) is 64.5 cm³/mol. The highest BCUT2D eigenvalue weighted by molar-refractivity contribution is 7.79. The molecule has 0 unspecified atom stereocenters. The normalized spacial score (nSPS) is 8.57. The van der Waals surface area contributed by atoms with Crippen molar-refractivity contribution in [2.75, 3.05) is 6.26 Å². The number of hydrogen-bond donors (Lipinski definition) is 2. The van der Waals surface area contributed by atoms with Crippen molar-refractivity contribution in [2.24, 2.45) is 5.41 Å². The van der Waals surface area contributed by atoms with E-state index in [1.54, 1.807) is 27.0 Å². The van der Waals surface area contributed by atoms with E-state index < -0.39 is 5.41 Å². The van der Waals surface area contributed by atoms with Crippen LogP contribution in [-0.4, -0.2) is 18.1 Å². The molecule has 4 heteroatoms. The van der Waals surface area contributed by atoms with E-state index in [1.807, 2.05) is 13.8 Å². The van der Waals surface area contributed by atoms with Crippen LogP contribution in [-0.2, 0) is 9.59 Å². The quantitative estimate of drug-likeness (QED) is 0.616. The lowest BCUT2D eigenvalue weighted by Crippen LogP contribution is -2.37. The molecule has 0 heterocycles. The maximum Gasteiger partial charge on any atom is 0.231 e. The third-order valence-corrected chi connectivity index (χ3v) is 0.971. The fourth-order valence-corrected chi connectivity index (χ4v) is 0.347. The van der Waals surface area contributed by atoms with E-state index in [0.717, 1.165) is 0 Å². The van der Waals surface area contributed by atoms with Gasteiger partial charge < -0.3 is 0 Å². The van der Waals surface area contributed by atoms with Crippen molar-refractivity contribution in [3.05, 3.63) is 0 Å². The number of thiol groups is 1. The standard InChI is InChI=1S/C7H13NO2.C2H6.CH4S/c1-5(9)8-6(10)7(2,3)4;2*1-2/h1-4H3,(H,8,9,10);1-2H3;2H,1H3. The minimum atomic E-state index is -0.480. The van der Waals surface area contributed by atoms with Gasteiger partial charge in [0, 0.05) is 12.3 Å². The van der Waals surface area contributed by atoms with Crippen LogP contribution in [0.3, 0.4) is 0 Å². The van der Waals surface area contributed by atoms with Crippen LogP contribution in [0.2, 0.25) is 0 Å². The number of carbonyl (C=O) groups excluding carboxylic acids is 2. The van der Waals surface area contributed by atoms with Crippen molar-refractivity contribution >= 4 is 24.4 Å². The summed E-state index contributed by atoms with van der Waals surface area (Å²) in [5.41, 5.74) is -0.480. The Kier molecular flexibility index (Phi) is 14.4. The van der Waals surface area contributed by atoms with E-state index in [2.05, 4.69) is 17.9 Å². The van der Waals surface area contributed by atoms with Crippen molar-refractivity contribution in [3.63, 3.8) is 0 Å².